The summed E-state index contributed by atoms with van der Waals surface area (Å²) in [6.07, 6.45) is 7.28. The van der Waals surface area contributed by atoms with Crippen LogP contribution in [-0.4, -0.2) is 24.8 Å². The van der Waals surface area contributed by atoms with Crippen LogP contribution in [-0.2, 0) is 0 Å². The van der Waals surface area contributed by atoms with Crippen LogP contribution in [0, 0.1) is 5.82 Å². The first-order valence-electron chi connectivity index (χ1n) is 6.86. The minimum Gasteiger partial charge on any atom is -0.264 e. The number of aromatic nitrogens is 5. The lowest BCUT2D eigenvalue weighted by atomic mass is 10.2. The molecule has 1 aromatic carbocycles. The van der Waals surface area contributed by atoms with Crippen LogP contribution in [0.4, 0.5) is 4.39 Å². The molecule has 0 radical (unpaired) electrons. The van der Waals surface area contributed by atoms with Crippen LogP contribution in [0.3, 0.4) is 0 Å². The summed E-state index contributed by atoms with van der Waals surface area (Å²) < 4.78 is 15.5. The molecule has 23 heavy (non-hydrogen) atoms. The lowest BCUT2D eigenvalue weighted by Gasteiger charge is -1.97. The molecule has 0 N–H and O–H groups in total. The minimum absolute atomic E-state index is 0.345. The van der Waals surface area contributed by atoms with Gasteiger partial charge in [-0.15, -0.1) is 10.2 Å². The Kier molecular flexibility index (Phi) is 3.39. The normalized spacial score (nSPS) is 11.5. The fourth-order valence-electron chi connectivity index (χ4n) is 2.15. The molecule has 0 saturated carbocycles. The van der Waals surface area contributed by atoms with E-state index in [1.165, 1.54) is 17.4 Å². The number of hydrogen-bond donors (Lipinski definition) is 0. The van der Waals surface area contributed by atoms with Crippen molar-refractivity contribution in [1.82, 2.24) is 24.8 Å². The number of fused-ring (bicyclic) bond motifs is 1. The topological polar surface area (TPSA) is 56.0 Å². The Labute approximate surface area is 134 Å². The van der Waals surface area contributed by atoms with Gasteiger partial charge in [-0.2, -0.15) is 9.61 Å². The first kappa shape index (κ1) is 13.7. The van der Waals surface area contributed by atoms with Crippen molar-refractivity contribution < 1.29 is 4.39 Å². The molecule has 0 aliphatic carbocycles. The molecule has 0 fully saturated rings. The SMILES string of the molecule is Fc1ccccc1-c1nnc2sc(C=Cc3cccnc3)nn12. The van der Waals surface area contributed by atoms with E-state index in [0.29, 0.717) is 16.3 Å². The van der Waals surface area contributed by atoms with E-state index in [4.69, 9.17) is 0 Å². The number of rotatable bonds is 3. The molecule has 0 unspecified atom stereocenters. The molecule has 4 rings (SSSR count). The fourth-order valence-corrected chi connectivity index (χ4v) is 2.89. The Balaban J connectivity index is 1.73. The maximum atomic E-state index is 13.9. The van der Waals surface area contributed by atoms with E-state index in [1.807, 2.05) is 24.3 Å². The van der Waals surface area contributed by atoms with Gasteiger partial charge in [-0.05, 0) is 29.8 Å². The van der Waals surface area contributed by atoms with Gasteiger partial charge in [0.15, 0.2) is 5.82 Å². The third-order valence-electron chi connectivity index (χ3n) is 3.22. The summed E-state index contributed by atoms with van der Waals surface area (Å²) in [6, 6.07) is 10.3. The lowest BCUT2D eigenvalue weighted by Crippen LogP contribution is -1.93. The standard InChI is InChI=1S/C16H10FN5S/c17-13-6-2-1-5-12(13)15-19-20-16-22(15)21-14(23-16)8-7-11-4-3-9-18-10-11/h1-10H. The summed E-state index contributed by atoms with van der Waals surface area (Å²) in [6.45, 7) is 0. The van der Waals surface area contributed by atoms with Crippen molar-refractivity contribution in [2.45, 2.75) is 0 Å². The Morgan fingerprint density at radius 3 is 2.78 bits per heavy atom. The van der Waals surface area contributed by atoms with Gasteiger partial charge in [0.05, 0.1) is 5.56 Å². The van der Waals surface area contributed by atoms with Crippen LogP contribution in [0.5, 0.6) is 0 Å². The molecule has 7 heteroatoms. The minimum atomic E-state index is -0.345. The summed E-state index contributed by atoms with van der Waals surface area (Å²) in [5, 5.41) is 13.3. The van der Waals surface area contributed by atoms with E-state index < -0.39 is 0 Å². The van der Waals surface area contributed by atoms with Crippen molar-refractivity contribution in [3.63, 3.8) is 0 Å². The molecular weight excluding hydrogens is 313 g/mol. The third kappa shape index (κ3) is 2.62. The van der Waals surface area contributed by atoms with Gasteiger partial charge in [-0.3, -0.25) is 4.98 Å². The summed E-state index contributed by atoms with van der Waals surface area (Å²) in [5.41, 5.74) is 1.36. The molecule has 0 aliphatic rings. The van der Waals surface area contributed by atoms with Crippen LogP contribution in [0.25, 0.3) is 28.5 Å². The largest absolute Gasteiger partial charge is 0.264 e. The van der Waals surface area contributed by atoms with Gasteiger partial charge in [0, 0.05) is 12.4 Å². The van der Waals surface area contributed by atoms with Gasteiger partial charge >= 0.3 is 0 Å². The van der Waals surface area contributed by atoms with Gasteiger partial charge in [0.25, 0.3) is 0 Å². The van der Waals surface area contributed by atoms with Crippen molar-refractivity contribution in [2.24, 2.45) is 0 Å². The highest BCUT2D eigenvalue weighted by Crippen LogP contribution is 2.24. The Bertz CT molecular complexity index is 990. The molecule has 0 aliphatic heterocycles. The number of hydrogen-bond acceptors (Lipinski definition) is 5. The van der Waals surface area contributed by atoms with E-state index in [-0.39, 0.29) is 5.82 Å². The Morgan fingerprint density at radius 1 is 1.04 bits per heavy atom. The summed E-state index contributed by atoms with van der Waals surface area (Å²) >= 11 is 1.39. The van der Waals surface area contributed by atoms with Crippen LogP contribution in [0.1, 0.15) is 10.6 Å². The molecule has 3 heterocycles. The van der Waals surface area contributed by atoms with Crippen LogP contribution in [0.2, 0.25) is 0 Å². The monoisotopic (exact) mass is 323 g/mol. The van der Waals surface area contributed by atoms with E-state index >= 15 is 0 Å². The maximum absolute atomic E-state index is 13.9. The van der Waals surface area contributed by atoms with Gasteiger partial charge in [0.2, 0.25) is 4.96 Å². The number of halogens is 1. The van der Waals surface area contributed by atoms with E-state index in [1.54, 1.807) is 35.1 Å². The zero-order chi connectivity index (χ0) is 15.6. The Hall–Kier alpha value is -2.93. The van der Waals surface area contributed by atoms with Crippen LogP contribution in [0.15, 0.2) is 48.8 Å². The van der Waals surface area contributed by atoms with E-state index in [2.05, 4.69) is 20.3 Å². The zero-order valence-corrected chi connectivity index (χ0v) is 12.6. The third-order valence-corrected chi connectivity index (χ3v) is 4.09. The molecule has 0 spiro atoms. The molecule has 5 nitrogen and oxygen atoms in total. The van der Waals surface area contributed by atoms with Gasteiger partial charge in [0.1, 0.15) is 10.8 Å². The van der Waals surface area contributed by atoms with Crippen molar-refractivity contribution in [3.8, 4) is 11.4 Å². The molecule has 4 aromatic rings. The molecular formula is C16H10FN5S. The van der Waals surface area contributed by atoms with Crippen LogP contribution < -0.4 is 0 Å². The highest BCUT2D eigenvalue weighted by atomic mass is 32.1. The molecule has 3 aromatic heterocycles. The smallest absolute Gasteiger partial charge is 0.235 e. The summed E-state index contributed by atoms with van der Waals surface area (Å²) in [5.74, 6) is 0.0534. The Morgan fingerprint density at radius 2 is 1.96 bits per heavy atom. The summed E-state index contributed by atoms with van der Waals surface area (Å²) in [7, 11) is 0. The molecule has 0 saturated heterocycles. The van der Waals surface area contributed by atoms with Gasteiger partial charge in [-0.1, -0.05) is 35.6 Å². The first-order valence-corrected chi connectivity index (χ1v) is 7.68. The average molecular weight is 323 g/mol. The average Bonchev–Trinajstić information content (AvgIpc) is 3.15. The molecule has 0 atom stereocenters. The molecule has 0 bridgehead atoms. The number of pyridine rings is 1. The van der Waals surface area contributed by atoms with Crippen molar-refractivity contribution >= 4 is 28.4 Å². The van der Waals surface area contributed by atoms with Crippen LogP contribution >= 0.6 is 11.3 Å². The quantitative estimate of drug-likeness (QED) is 0.578. The van der Waals surface area contributed by atoms with E-state index in [0.717, 1.165) is 10.6 Å². The number of benzene rings is 1. The molecule has 112 valence electrons. The predicted octanol–water partition coefficient (Wildman–Crippen LogP) is 3.56. The number of nitrogens with zero attached hydrogens (tertiary/aromatic N) is 5. The van der Waals surface area contributed by atoms with Crippen molar-refractivity contribution in [1.29, 1.82) is 0 Å². The van der Waals surface area contributed by atoms with Gasteiger partial charge in [-0.25, -0.2) is 4.39 Å². The predicted molar refractivity (Wildman–Crippen MR) is 87.2 cm³/mol. The molecule has 0 amide bonds. The highest BCUT2D eigenvalue weighted by molar-refractivity contribution is 7.17. The van der Waals surface area contributed by atoms with E-state index in [9.17, 15) is 4.39 Å². The second-order valence-corrected chi connectivity index (χ2v) is 5.75. The van der Waals surface area contributed by atoms with Crippen molar-refractivity contribution in [3.05, 3.63) is 65.2 Å². The summed E-state index contributed by atoms with van der Waals surface area (Å²) in [4.78, 5) is 4.68. The van der Waals surface area contributed by atoms with Crippen molar-refractivity contribution in [2.75, 3.05) is 0 Å². The first-order chi connectivity index (χ1) is 11.3. The van der Waals surface area contributed by atoms with Gasteiger partial charge < -0.3 is 0 Å². The second-order valence-electron chi connectivity index (χ2n) is 4.76. The maximum Gasteiger partial charge on any atom is 0.235 e. The zero-order valence-electron chi connectivity index (χ0n) is 11.8. The lowest BCUT2D eigenvalue weighted by molar-refractivity contribution is 0.629. The second kappa shape index (κ2) is 5.69. The highest BCUT2D eigenvalue weighted by Gasteiger charge is 2.15. The fraction of sp³-hybridized carbons (Fsp3) is 0.